The zero-order valence-electron chi connectivity index (χ0n) is 13.5. The Morgan fingerprint density at radius 1 is 1.35 bits per heavy atom. The first-order valence-corrected chi connectivity index (χ1v) is 7.99. The van der Waals surface area contributed by atoms with Crippen molar-refractivity contribution in [1.29, 1.82) is 0 Å². The first-order chi connectivity index (χ1) is 10.9. The number of carboxylic acids is 1. The van der Waals surface area contributed by atoms with E-state index in [0.717, 1.165) is 41.6 Å². The summed E-state index contributed by atoms with van der Waals surface area (Å²) < 4.78 is 1.12. The van der Waals surface area contributed by atoms with E-state index in [4.69, 9.17) is 5.11 Å². The van der Waals surface area contributed by atoms with Crippen LogP contribution in [0.1, 0.15) is 44.4 Å². The number of aromatic nitrogens is 2. The van der Waals surface area contributed by atoms with Crippen molar-refractivity contribution in [3.05, 3.63) is 27.7 Å². The van der Waals surface area contributed by atoms with E-state index in [0.29, 0.717) is 6.42 Å². The van der Waals surface area contributed by atoms with E-state index >= 15 is 0 Å². The van der Waals surface area contributed by atoms with Gasteiger partial charge < -0.3 is 10.4 Å². The minimum atomic E-state index is -1.07. The van der Waals surface area contributed by atoms with E-state index in [9.17, 15) is 14.4 Å². The van der Waals surface area contributed by atoms with Gasteiger partial charge in [-0.1, -0.05) is 13.8 Å². The smallest absolute Gasteiger partial charge is 0.326 e. The SMILES string of the molecule is CC(C)CC(NC(=O)Cn1nc2c(cc1=O)CCCC2)C(=O)O. The van der Waals surface area contributed by atoms with Crippen LogP contribution in [-0.4, -0.2) is 32.8 Å². The van der Waals surface area contributed by atoms with Crippen LogP contribution in [0.3, 0.4) is 0 Å². The molecule has 1 heterocycles. The molecule has 23 heavy (non-hydrogen) atoms. The van der Waals surface area contributed by atoms with Gasteiger partial charge in [0, 0.05) is 6.07 Å². The molecule has 0 fully saturated rings. The van der Waals surface area contributed by atoms with Crippen molar-refractivity contribution < 1.29 is 14.7 Å². The first-order valence-electron chi connectivity index (χ1n) is 7.99. The molecule has 1 aliphatic rings. The van der Waals surface area contributed by atoms with Crippen molar-refractivity contribution >= 4 is 11.9 Å². The van der Waals surface area contributed by atoms with E-state index in [1.165, 1.54) is 6.07 Å². The third-order valence-electron chi connectivity index (χ3n) is 3.91. The van der Waals surface area contributed by atoms with Gasteiger partial charge in [-0.15, -0.1) is 0 Å². The quantitative estimate of drug-likeness (QED) is 0.804. The Kier molecular flexibility index (Phi) is 5.52. The fraction of sp³-hybridized carbons (Fsp3) is 0.625. The molecule has 1 aliphatic carbocycles. The Balaban J connectivity index is 2.07. The number of nitrogens with zero attached hydrogens (tertiary/aromatic N) is 2. The Morgan fingerprint density at radius 2 is 2.04 bits per heavy atom. The molecule has 0 aromatic carbocycles. The number of hydrogen-bond acceptors (Lipinski definition) is 4. The lowest BCUT2D eigenvalue weighted by atomic mass is 9.97. The molecule has 7 heteroatoms. The predicted molar refractivity (Wildman–Crippen MR) is 84.2 cm³/mol. The molecule has 2 N–H and O–H groups in total. The zero-order chi connectivity index (χ0) is 17.0. The lowest BCUT2D eigenvalue weighted by Crippen LogP contribution is -2.44. The summed E-state index contributed by atoms with van der Waals surface area (Å²) in [7, 11) is 0. The van der Waals surface area contributed by atoms with Gasteiger partial charge in [0.15, 0.2) is 0 Å². The Hall–Kier alpha value is -2.18. The summed E-state index contributed by atoms with van der Waals surface area (Å²) in [5.74, 6) is -1.44. The molecule has 1 aromatic rings. The van der Waals surface area contributed by atoms with Crippen LogP contribution in [0.4, 0.5) is 0 Å². The Morgan fingerprint density at radius 3 is 2.70 bits per heavy atom. The number of amides is 1. The minimum Gasteiger partial charge on any atom is -0.480 e. The maximum absolute atomic E-state index is 12.1. The van der Waals surface area contributed by atoms with Crippen molar-refractivity contribution in [2.45, 2.75) is 58.5 Å². The second-order valence-electron chi connectivity index (χ2n) is 6.41. The van der Waals surface area contributed by atoms with Crippen molar-refractivity contribution in [1.82, 2.24) is 15.1 Å². The molecule has 0 radical (unpaired) electrons. The molecule has 2 rings (SSSR count). The number of hydrogen-bond donors (Lipinski definition) is 2. The number of carbonyl (C=O) groups is 2. The van der Waals surface area contributed by atoms with Crippen LogP contribution < -0.4 is 10.9 Å². The molecular weight excluding hydrogens is 298 g/mol. The van der Waals surface area contributed by atoms with Gasteiger partial charge in [0.1, 0.15) is 12.6 Å². The average molecular weight is 321 g/mol. The summed E-state index contributed by atoms with van der Waals surface area (Å²) >= 11 is 0. The third kappa shape index (κ3) is 4.64. The maximum Gasteiger partial charge on any atom is 0.326 e. The van der Waals surface area contributed by atoms with Crippen LogP contribution in [-0.2, 0) is 29.0 Å². The molecule has 1 aromatic heterocycles. The van der Waals surface area contributed by atoms with Gasteiger partial charge in [0.2, 0.25) is 5.91 Å². The maximum atomic E-state index is 12.1. The molecule has 0 saturated carbocycles. The Bertz CT molecular complexity index is 651. The van der Waals surface area contributed by atoms with Gasteiger partial charge in [-0.3, -0.25) is 9.59 Å². The number of rotatable bonds is 6. The van der Waals surface area contributed by atoms with Crippen molar-refractivity contribution in [2.24, 2.45) is 5.92 Å². The van der Waals surface area contributed by atoms with Crippen LogP contribution in [0.5, 0.6) is 0 Å². The van der Waals surface area contributed by atoms with Gasteiger partial charge >= 0.3 is 5.97 Å². The van der Waals surface area contributed by atoms with E-state index < -0.39 is 17.9 Å². The summed E-state index contributed by atoms with van der Waals surface area (Å²) in [6.45, 7) is 3.52. The molecule has 7 nitrogen and oxygen atoms in total. The highest BCUT2D eigenvalue weighted by atomic mass is 16.4. The van der Waals surface area contributed by atoms with E-state index in [1.807, 2.05) is 13.8 Å². The lowest BCUT2D eigenvalue weighted by molar-refractivity contribution is -0.142. The fourth-order valence-corrected chi connectivity index (χ4v) is 2.78. The van der Waals surface area contributed by atoms with Crippen LogP contribution in [0.25, 0.3) is 0 Å². The molecule has 0 spiro atoms. The molecule has 1 atom stereocenters. The normalized spacial score (nSPS) is 15.1. The largest absolute Gasteiger partial charge is 0.480 e. The number of aryl methyl sites for hydroxylation is 2. The molecule has 126 valence electrons. The van der Waals surface area contributed by atoms with Gasteiger partial charge in [-0.25, -0.2) is 9.48 Å². The molecule has 1 amide bonds. The van der Waals surface area contributed by atoms with Crippen molar-refractivity contribution in [3.8, 4) is 0 Å². The topological polar surface area (TPSA) is 101 Å². The fourth-order valence-electron chi connectivity index (χ4n) is 2.78. The molecule has 0 aliphatic heterocycles. The molecule has 0 saturated heterocycles. The van der Waals surface area contributed by atoms with Gasteiger partial charge in [-0.2, -0.15) is 5.10 Å². The summed E-state index contributed by atoms with van der Waals surface area (Å²) in [5.41, 5.74) is 1.50. The first kappa shape index (κ1) is 17.2. The number of aliphatic carboxylic acids is 1. The summed E-state index contributed by atoms with van der Waals surface area (Å²) in [4.78, 5) is 35.3. The molecule has 1 unspecified atom stereocenters. The Labute approximate surface area is 134 Å². The van der Waals surface area contributed by atoms with Crippen molar-refractivity contribution in [3.63, 3.8) is 0 Å². The summed E-state index contributed by atoms with van der Waals surface area (Å²) in [6.07, 6.45) is 4.07. The highest BCUT2D eigenvalue weighted by molar-refractivity contribution is 5.83. The number of nitrogens with one attached hydrogen (secondary N) is 1. The van der Waals surface area contributed by atoms with Crippen LogP contribution in [0, 0.1) is 5.92 Å². The van der Waals surface area contributed by atoms with Crippen LogP contribution in [0.15, 0.2) is 10.9 Å². The van der Waals surface area contributed by atoms with Crippen LogP contribution in [0.2, 0.25) is 0 Å². The van der Waals surface area contributed by atoms with Gasteiger partial charge in [-0.05, 0) is 43.6 Å². The number of carboxylic acid groups (broad SMARTS) is 1. The van der Waals surface area contributed by atoms with Gasteiger partial charge in [0.05, 0.1) is 5.69 Å². The number of carbonyl (C=O) groups excluding carboxylic acids is 1. The van der Waals surface area contributed by atoms with Gasteiger partial charge in [0.25, 0.3) is 5.56 Å². The lowest BCUT2D eigenvalue weighted by Gasteiger charge is -2.18. The second-order valence-corrected chi connectivity index (χ2v) is 6.41. The standard InChI is InChI=1S/C16H23N3O4/c1-10(2)7-13(16(22)23)17-14(20)9-19-15(21)8-11-5-3-4-6-12(11)18-19/h8,10,13H,3-7,9H2,1-2H3,(H,17,20)(H,22,23). The highest BCUT2D eigenvalue weighted by Crippen LogP contribution is 2.16. The minimum absolute atomic E-state index is 0.140. The second kappa shape index (κ2) is 7.39. The molecule has 0 bridgehead atoms. The van der Waals surface area contributed by atoms with E-state index in [-0.39, 0.29) is 18.0 Å². The van der Waals surface area contributed by atoms with Crippen LogP contribution >= 0.6 is 0 Å². The third-order valence-corrected chi connectivity index (χ3v) is 3.91. The monoisotopic (exact) mass is 321 g/mol. The van der Waals surface area contributed by atoms with Crippen molar-refractivity contribution in [2.75, 3.05) is 0 Å². The zero-order valence-corrected chi connectivity index (χ0v) is 13.5. The van der Waals surface area contributed by atoms with E-state index in [1.54, 1.807) is 0 Å². The summed E-state index contributed by atoms with van der Waals surface area (Å²) in [6, 6.07) is 0.591. The highest BCUT2D eigenvalue weighted by Gasteiger charge is 2.22. The average Bonchev–Trinajstić information content (AvgIpc) is 2.46. The summed E-state index contributed by atoms with van der Waals surface area (Å²) in [5, 5.41) is 15.9. The van der Waals surface area contributed by atoms with E-state index in [2.05, 4.69) is 10.4 Å². The predicted octanol–water partition coefficient (Wildman–Crippen LogP) is 0.738. The number of fused-ring (bicyclic) bond motifs is 1. The molecular formula is C16H23N3O4.